The molecule has 0 aliphatic rings. The fourth-order valence-corrected chi connectivity index (χ4v) is 4.00. The zero-order chi connectivity index (χ0) is 21.9. The maximum atomic E-state index is 12.8. The summed E-state index contributed by atoms with van der Waals surface area (Å²) in [5.74, 6) is -0.197. The first kappa shape index (κ1) is 21.8. The number of hydrogen-bond acceptors (Lipinski definition) is 4. The van der Waals surface area contributed by atoms with E-state index in [0.29, 0.717) is 6.54 Å². The van der Waals surface area contributed by atoms with E-state index in [2.05, 4.69) is 5.32 Å². The van der Waals surface area contributed by atoms with Crippen LogP contribution in [0.3, 0.4) is 0 Å². The van der Waals surface area contributed by atoms with Gasteiger partial charge in [0.2, 0.25) is 15.9 Å². The number of nitrogens with zero attached hydrogens (tertiary/aromatic N) is 2. The molecule has 30 heavy (non-hydrogen) atoms. The highest BCUT2D eigenvalue weighted by Crippen LogP contribution is 2.16. The number of sulfonamides is 1. The van der Waals surface area contributed by atoms with E-state index < -0.39 is 10.0 Å². The van der Waals surface area contributed by atoms with Crippen LogP contribution in [0.15, 0.2) is 58.2 Å². The Kier molecular flexibility index (Phi) is 6.42. The number of benzene rings is 2. The average molecular weight is 431 g/mol. The topological polar surface area (TPSA) is 116 Å². The van der Waals surface area contributed by atoms with Crippen molar-refractivity contribution < 1.29 is 13.2 Å². The largest absolute Gasteiger partial charge is 0.350 e. The van der Waals surface area contributed by atoms with Crippen LogP contribution < -0.4 is 16.1 Å². The van der Waals surface area contributed by atoms with Crippen molar-refractivity contribution in [2.24, 2.45) is 5.14 Å². The zero-order valence-electron chi connectivity index (χ0n) is 17.0. The molecule has 0 radical (unpaired) electrons. The van der Waals surface area contributed by atoms with Crippen LogP contribution >= 0.6 is 0 Å². The lowest BCUT2D eigenvalue weighted by molar-refractivity contribution is -0.121. The molecule has 8 nitrogen and oxygen atoms in total. The number of para-hydroxylation sites is 2. The standard InChI is InChI=1S/C21H26N4O4S/c1-3-13-24-18-6-4-5-7-19(18)25(21(24)27)14-12-20(26)23-15(2)16-8-10-17(11-9-16)30(22,28)29/h4-11,15H,3,12-14H2,1-2H3,(H,23,26)(H2,22,28,29)/t15-/m0/s1. The number of carbonyl (C=O) groups excluding carboxylic acids is 1. The smallest absolute Gasteiger partial charge is 0.329 e. The molecule has 0 aliphatic carbocycles. The third-order valence-electron chi connectivity index (χ3n) is 5.02. The van der Waals surface area contributed by atoms with Crippen molar-refractivity contribution in [1.82, 2.24) is 14.5 Å². The van der Waals surface area contributed by atoms with Gasteiger partial charge in [-0.2, -0.15) is 0 Å². The summed E-state index contributed by atoms with van der Waals surface area (Å²) in [5, 5.41) is 7.99. The van der Waals surface area contributed by atoms with E-state index in [9.17, 15) is 18.0 Å². The molecule has 0 spiro atoms. The minimum Gasteiger partial charge on any atom is -0.350 e. The van der Waals surface area contributed by atoms with Crippen molar-refractivity contribution in [2.45, 2.75) is 50.7 Å². The molecule has 1 heterocycles. The van der Waals surface area contributed by atoms with E-state index in [0.717, 1.165) is 23.0 Å². The molecule has 0 fully saturated rings. The lowest BCUT2D eigenvalue weighted by Gasteiger charge is -2.15. The molecule has 1 amide bonds. The Balaban J connectivity index is 1.69. The zero-order valence-corrected chi connectivity index (χ0v) is 17.9. The number of nitrogens with one attached hydrogen (secondary N) is 1. The Bertz CT molecular complexity index is 1210. The molecule has 1 aromatic heterocycles. The number of primary sulfonamides is 1. The van der Waals surface area contributed by atoms with Gasteiger partial charge in [-0.1, -0.05) is 31.2 Å². The molecular formula is C21H26N4O4S. The third-order valence-corrected chi connectivity index (χ3v) is 5.95. The van der Waals surface area contributed by atoms with E-state index in [-0.39, 0.29) is 35.5 Å². The van der Waals surface area contributed by atoms with Crippen LogP contribution in [-0.4, -0.2) is 23.5 Å². The van der Waals surface area contributed by atoms with Crippen LogP contribution in [0.1, 0.15) is 38.3 Å². The molecule has 0 saturated carbocycles. The van der Waals surface area contributed by atoms with Crippen LogP contribution in [0.5, 0.6) is 0 Å². The van der Waals surface area contributed by atoms with Crippen molar-refractivity contribution in [3.8, 4) is 0 Å². The molecule has 9 heteroatoms. The summed E-state index contributed by atoms with van der Waals surface area (Å²) in [5.41, 5.74) is 2.33. The molecule has 3 rings (SSSR count). The Labute approximate surface area is 175 Å². The molecule has 2 aromatic carbocycles. The van der Waals surface area contributed by atoms with Crippen molar-refractivity contribution >= 4 is 27.0 Å². The Morgan fingerprint density at radius 2 is 1.60 bits per heavy atom. The first-order chi connectivity index (χ1) is 14.2. The van der Waals surface area contributed by atoms with Gasteiger partial charge in [0, 0.05) is 19.5 Å². The Morgan fingerprint density at radius 1 is 1.03 bits per heavy atom. The second kappa shape index (κ2) is 8.85. The summed E-state index contributed by atoms with van der Waals surface area (Å²) >= 11 is 0. The van der Waals surface area contributed by atoms with Crippen molar-refractivity contribution in [3.63, 3.8) is 0 Å². The predicted molar refractivity (Wildman–Crippen MR) is 115 cm³/mol. The molecule has 160 valence electrons. The van der Waals surface area contributed by atoms with Crippen LogP contribution in [0.4, 0.5) is 0 Å². The number of imidazole rings is 1. The SMILES string of the molecule is CCCn1c(=O)n(CCC(=O)N[C@@H](C)c2ccc(S(N)(=O)=O)cc2)c2ccccc21. The minimum absolute atomic E-state index is 0.0209. The molecule has 0 saturated heterocycles. The van der Waals surface area contributed by atoms with E-state index in [1.807, 2.05) is 38.1 Å². The van der Waals surface area contributed by atoms with Crippen LogP contribution in [0.25, 0.3) is 11.0 Å². The van der Waals surface area contributed by atoms with E-state index >= 15 is 0 Å². The number of amides is 1. The van der Waals surface area contributed by atoms with Gasteiger partial charge in [0.25, 0.3) is 0 Å². The average Bonchev–Trinajstić information content (AvgIpc) is 2.97. The monoisotopic (exact) mass is 430 g/mol. The fraction of sp³-hybridized carbons (Fsp3) is 0.333. The summed E-state index contributed by atoms with van der Waals surface area (Å²) in [7, 11) is -3.75. The summed E-state index contributed by atoms with van der Waals surface area (Å²) in [4.78, 5) is 25.3. The Hall–Kier alpha value is -2.91. The molecule has 0 aliphatic heterocycles. The van der Waals surface area contributed by atoms with Gasteiger partial charge < -0.3 is 5.32 Å². The van der Waals surface area contributed by atoms with E-state index in [4.69, 9.17) is 5.14 Å². The lowest BCUT2D eigenvalue weighted by atomic mass is 10.1. The second-order valence-corrected chi connectivity index (χ2v) is 8.79. The lowest BCUT2D eigenvalue weighted by Crippen LogP contribution is -2.30. The molecule has 3 N–H and O–H groups in total. The van der Waals surface area contributed by atoms with Gasteiger partial charge in [-0.15, -0.1) is 0 Å². The van der Waals surface area contributed by atoms with E-state index in [1.54, 1.807) is 21.3 Å². The van der Waals surface area contributed by atoms with Gasteiger partial charge in [0.1, 0.15) is 0 Å². The number of carbonyl (C=O) groups is 1. The molecule has 3 aromatic rings. The first-order valence-electron chi connectivity index (χ1n) is 9.82. The summed E-state index contributed by atoms with van der Waals surface area (Å²) in [6.45, 7) is 4.73. The van der Waals surface area contributed by atoms with E-state index in [1.165, 1.54) is 12.1 Å². The summed E-state index contributed by atoms with van der Waals surface area (Å²) in [6, 6.07) is 13.3. The highest BCUT2D eigenvalue weighted by molar-refractivity contribution is 7.89. The number of rotatable bonds is 8. The van der Waals surface area contributed by atoms with Gasteiger partial charge in [0.05, 0.1) is 22.0 Å². The molecular weight excluding hydrogens is 404 g/mol. The van der Waals surface area contributed by atoms with Gasteiger partial charge in [0.15, 0.2) is 0 Å². The van der Waals surface area contributed by atoms with Crippen LogP contribution in [0, 0.1) is 0 Å². The quantitative estimate of drug-likeness (QED) is 0.569. The molecule has 1 atom stereocenters. The fourth-order valence-electron chi connectivity index (χ4n) is 3.48. The maximum absolute atomic E-state index is 12.8. The molecule has 0 unspecified atom stereocenters. The highest BCUT2D eigenvalue weighted by Gasteiger charge is 2.15. The maximum Gasteiger partial charge on any atom is 0.329 e. The number of nitrogens with two attached hydrogens (primary N) is 1. The van der Waals surface area contributed by atoms with Crippen molar-refractivity contribution in [2.75, 3.05) is 0 Å². The van der Waals surface area contributed by atoms with Crippen LogP contribution in [-0.2, 0) is 27.9 Å². The number of hydrogen-bond donors (Lipinski definition) is 2. The summed E-state index contributed by atoms with van der Waals surface area (Å²) < 4.78 is 26.1. The van der Waals surface area contributed by atoms with Gasteiger partial charge in [-0.05, 0) is 43.2 Å². The highest BCUT2D eigenvalue weighted by atomic mass is 32.2. The number of fused-ring (bicyclic) bond motifs is 1. The number of aromatic nitrogens is 2. The van der Waals surface area contributed by atoms with Gasteiger partial charge in [-0.3, -0.25) is 13.9 Å². The van der Waals surface area contributed by atoms with Crippen molar-refractivity contribution in [1.29, 1.82) is 0 Å². The van der Waals surface area contributed by atoms with Crippen molar-refractivity contribution in [3.05, 3.63) is 64.6 Å². The van der Waals surface area contributed by atoms with Gasteiger partial charge in [-0.25, -0.2) is 18.4 Å². The second-order valence-electron chi connectivity index (χ2n) is 7.23. The first-order valence-corrected chi connectivity index (χ1v) is 11.4. The normalized spacial score (nSPS) is 12.8. The molecule has 0 bridgehead atoms. The predicted octanol–water partition coefficient (Wildman–Crippen LogP) is 2.13. The van der Waals surface area contributed by atoms with Crippen LogP contribution in [0.2, 0.25) is 0 Å². The summed E-state index contributed by atoms with van der Waals surface area (Å²) in [6.07, 6.45) is 0.996. The third kappa shape index (κ3) is 4.63. The minimum atomic E-state index is -3.75. The van der Waals surface area contributed by atoms with Gasteiger partial charge >= 0.3 is 5.69 Å². The Morgan fingerprint density at radius 3 is 2.13 bits per heavy atom. The number of aryl methyl sites for hydroxylation is 2.